The van der Waals surface area contributed by atoms with E-state index in [4.69, 9.17) is 0 Å². The number of rotatable bonds is 0. The third kappa shape index (κ3) is 6.82. The Morgan fingerprint density at radius 1 is 0.263 bits per heavy atom. The van der Waals surface area contributed by atoms with Crippen molar-refractivity contribution in [1.82, 2.24) is 0 Å². The lowest BCUT2D eigenvalue weighted by Gasteiger charge is -2.20. The number of hydrogen-bond donors (Lipinski definition) is 0. The molecule has 0 radical (unpaired) electrons. The van der Waals surface area contributed by atoms with E-state index in [-0.39, 0.29) is 0 Å². The Balaban J connectivity index is 1.82. The summed E-state index contributed by atoms with van der Waals surface area (Å²) in [4.78, 5) is 0. The summed E-state index contributed by atoms with van der Waals surface area (Å²) in [7, 11) is 0. The molecule has 2 aliphatic rings. The second-order valence-corrected chi connectivity index (χ2v) is 7.35. The molecule has 112 valence electrons. The first-order chi connectivity index (χ1) is 9.45. The van der Waals surface area contributed by atoms with E-state index < -0.39 is 0 Å². The van der Waals surface area contributed by atoms with Gasteiger partial charge in [0.2, 0.25) is 0 Å². The molecule has 0 aromatic rings. The SMILES string of the molecule is C1CCCCCC2CCCCCC(CCCC1)CC2. The molecule has 2 unspecified atom stereocenters. The van der Waals surface area contributed by atoms with E-state index in [2.05, 4.69) is 0 Å². The molecule has 2 atom stereocenters. The standard InChI is InChI=1S/C19H36/c1-2-4-6-9-13-19-15-11-7-10-14-18(16-17-19)12-8-5-3-1/h18-19H,1-17H2. The zero-order valence-electron chi connectivity index (χ0n) is 13.2. The molecular formula is C19H36. The quantitative estimate of drug-likeness (QED) is 0.447. The van der Waals surface area contributed by atoms with E-state index in [0.29, 0.717) is 0 Å². The van der Waals surface area contributed by atoms with Crippen molar-refractivity contribution in [3.63, 3.8) is 0 Å². The first-order valence-corrected chi connectivity index (χ1v) is 9.45. The zero-order chi connectivity index (χ0) is 13.2. The lowest BCUT2D eigenvalue weighted by Crippen LogP contribution is -2.05. The minimum Gasteiger partial charge on any atom is -0.0533 e. The summed E-state index contributed by atoms with van der Waals surface area (Å²) < 4.78 is 0. The Bertz CT molecular complexity index is 186. The highest BCUT2D eigenvalue weighted by Crippen LogP contribution is 2.31. The highest BCUT2D eigenvalue weighted by atomic mass is 14.2. The van der Waals surface area contributed by atoms with Crippen molar-refractivity contribution in [2.45, 2.75) is 109 Å². The van der Waals surface area contributed by atoms with Gasteiger partial charge in [0.05, 0.1) is 0 Å². The van der Waals surface area contributed by atoms with Gasteiger partial charge in [-0.1, -0.05) is 109 Å². The van der Waals surface area contributed by atoms with Gasteiger partial charge in [-0.15, -0.1) is 0 Å². The van der Waals surface area contributed by atoms with Gasteiger partial charge in [-0.2, -0.15) is 0 Å². The van der Waals surface area contributed by atoms with Crippen molar-refractivity contribution in [3.8, 4) is 0 Å². The van der Waals surface area contributed by atoms with Gasteiger partial charge in [-0.3, -0.25) is 0 Å². The molecule has 19 heavy (non-hydrogen) atoms. The van der Waals surface area contributed by atoms with Crippen molar-refractivity contribution >= 4 is 0 Å². The van der Waals surface area contributed by atoms with E-state index in [0.717, 1.165) is 11.8 Å². The highest BCUT2D eigenvalue weighted by molar-refractivity contribution is 4.69. The monoisotopic (exact) mass is 264 g/mol. The first-order valence-electron chi connectivity index (χ1n) is 9.45. The maximum absolute atomic E-state index is 1.56. The van der Waals surface area contributed by atoms with Crippen molar-refractivity contribution in [3.05, 3.63) is 0 Å². The van der Waals surface area contributed by atoms with Gasteiger partial charge < -0.3 is 0 Å². The zero-order valence-corrected chi connectivity index (χ0v) is 13.2. The fourth-order valence-electron chi connectivity index (χ4n) is 4.31. The minimum absolute atomic E-state index is 1.09. The van der Waals surface area contributed by atoms with E-state index in [1.165, 1.54) is 70.6 Å². The molecular weight excluding hydrogens is 228 g/mol. The molecule has 0 aliphatic heterocycles. The molecule has 0 N–H and O–H groups in total. The van der Waals surface area contributed by atoms with E-state index in [1.54, 1.807) is 38.5 Å². The third-order valence-corrected chi connectivity index (χ3v) is 5.68. The van der Waals surface area contributed by atoms with Crippen LogP contribution in [0.3, 0.4) is 0 Å². The fourth-order valence-corrected chi connectivity index (χ4v) is 4.31. The van der Waals surface area contributed by atoms with Crippen LogP contribution in [0.1, 0.15) is 109 Å². The largest absolute Gasteiger partial charge is 0.0533 e. The molecule has 2 aliphatic carbocycles. The van der Waals surface area contributed by atoms with Gasteiger partial charge in [0.15, 0.2) is 0 Å². The predicted molar refractivity (Wildman–Crippen MR) is 85.5 cm³/mol. The maximum Gasteiger partial charge on any atom is -0.0414 e. The van der Waals surface area contributed by atoms with E-state index in [9.17, 15) is 0 Å². The number of fused-ring (bicyclic) bond motifs is 3. The smallest absolute Gasteiger partial charge is 0.0414 e. The van der Waals surface area contributed by atoms with Crippen LogP contribution in [0.15, 0.2) is 0 Å². The van der Waals surface area contributed by atoms with Gasteiger partial charge in [0.25, 0.3) is 0 Å². The van der Waals surface area contributed by atoms with Crippen LogP contribution in [0.5, 0.6) is 0 Å². The summed E-state index contributed by atoms with van der Waals surface area (Å²) >= 11 is 0. The Morgan fingerprint density at radius 2 is 0.526 bits per heavy atom. The molecule has 0 aromatic heterocycles. The third-order valence-electron chi connectivity index (χ3n) is 5.68. The molecule has 0 heterocycles. The Kier molecular flexibility index (Phi) is 7.97. The molecule has 0 saturated heterocycles. The normalized spacial score (nSPS) is 32.8. The van der Waals surface area contributed by atoms with E-state index in [1.807, 2.05) is 0 Å². The summed E-state index contributed by atoms with van der Waals surface area (Å²) in [6.07, 6.45) is 26.0. The van der Waals surface area contributed by atoms with Crippen LogP contribution in [0, 0.1) is 11.8 Å². The molecule has 0 heteroatoms. The van der Waals surface area contributed by atoms with Crippen LogP contribution in [0.2, 0.25) is 0 Å². The Hall–Kier alpha value is 0. The minimum atomic E-state index is 1.09. The van der Waals surface area contributed by atoms with E-state index >= 15 is 0 Å². The average Bonchev–Trinajstić information content (AvgIpc) is 2.53. The van der Waals surface area contributed by atoms with Crippen LogP contribution in [0.4, 0.5) is 0 Å². The molecule has 0 amide bonds. The molecule has 2 bridgehead atoms. The van der Waals surface area contributed by atoms with Gasteiger partial charge >= 0.3 is 0 Å². The van der Waals surface area contributed by atoms with Crippen LogP contribution in [-0.2, 0) is 0 Å². The molecule has 0 aromatic carbocycles. The first kappa shape index (κ1) is 15.4. The predicted octanol–water partition coefficient (Wildman–Crippen LogP) is 6.88. The van der Waals surface area contributed by atoms with Gasteiger partial charge in [-0.25, -0.2) is 0 Å². The van der Waals surface area contributed by atoms with Crippen molar-refractivity contribution in [2.24, 2.45) is 11.8 Å². The molecule has 2 saturated carbocycles. The molecule has 0 spiro atoms. The lowest BCUT2D eigenvalue weighted by atomic mass is 9.86. The van der Waals surface area contributed by atoms with Gasteiger partial charge in [-0.05, 0) is 11.8 Å². The lowest BCUT2D eigenvalue weighted by molar-refractivity contribution is 0.330. The van der Waals surface area contributed by atoms with Crippen molar-refractivity contribution < 1.29 is 0 Å². The Labute approximate surface area is 121 Å². The molecule has 0 nitrogen and oxygen atoms in total. The van der Waals surface area contributed by atoms with Gasteiger partial charge in [0.1, 0.15) is 0 Å². The summed E-state index contributed by atoms with van der Waals surface area (Å²) in [6, 6.07) is 0. The summed E-state index contributed by atoms with van der Waals surface area (Å²) in [5.41, 5.74) is 0. The van der Waals surface area contributed by atoms with Crippen LogP contribution >= 0.6 is 0 Å². The Morgan fingerprint density at radius 3 is 0.895 bits per heavy atom. The molecule has 2 rings (SSSR count). The highest BCUT2D eigenvalue weighted by Gasteiger charge is 2.16. The van der Waals surface area contributed by atoms with Crippen LogP contribution in [-0.4, -0.2) is 0 Å². The summed E-state index contributed by atoms with van der Waals surface area (Å²) in [5, 5.41) is 0. The molecule has 2 fully saturated rings. The maximum atomic E-state index is 1.56. The summed E-state index contributed by atoms with van der Waals surface area (Å²) in [5.74, 6) is 2.17. The fraction of sp³-hybridized carbons (Fsp3) is 1.00. The van der Waals surface area contributed by atoms with Crippen molar-refractivity contribution in [2.75, 3.05) is 0 Å². The average molecular weight is 264 g/mol. The van der Waals surface area contributed by atoms with Crippen LogP contribution in [0.25, 0.3) is 0 Å². The second-order valence-electron chi connectivity index (χ2n) is 7.35. The summed E-state index contributed by atoms with van der Waals surface area (Å²) in [6.45, 7) is 0. The second kappa shape index (κ2) is 9.83. The van der Waals surface area contributed by atoms with Gasteiger partial charge in [0, 0.05) is 0 Å². The topological polar surface area (TPSA) is 0 Å². The van der Waals surface area contributed by atoms with Crippen molar-refractivity contribution in [1.29, 1.82) is 0 Å². The number of hydrogen-bond acceptors (Lipinski definition) is 0. The van der Waals surface area contributed by atoms with Crippen LogP contribution < -0.4 is 0 Å².